The molecular formula is C13H26N2O. The van der Waals surface area contributed by atoms with E-state index in [0.717, 1.165) is 18.9 Å². The van der Waals surface area contributed by atoms with Crippen LogP contribution in [-0.4, -0.2) is 59.8 Å². The molecule has 0 bridgehead atoms. The van der Waals surface area contributed by atoms with Crippen LogP contribution in [0.4, 0.5) is 0 Å². The first-order chi connectivity index (χ1) is 7.53. The van der Waals surface area contributed by atoms with Crippen LogP contribution in [0.3, 0.4) is 0 Å². The van der Waals surface area contributed by atoms with Crippen LogP contribution in [0.25, 0.3) is 0 Å². The van der Waals surface area contributed by atoms with E-state index in [9.17, 15) is 5.11 Å². The van der Waals surface area contributed by atoms with E-state index >= 15 is 0 Å². The molecule has 1 heterocycles. The first kappa shape index (κ1) is 12.3. The third kappa shape index (κ3) is 4.40. The predicted molar refractivity (Wildman–Crippen MR) is 66.5 cm³/mol. The van der Waals surface area contributed by atoms with Gasteiger partial charge in [0.15, 0.2) is 0 Å². The first-order valence-electron chi connectivity index (χ1n) is 6.70. The Hall–Kier alpha value is -0.120. The molecule has 0 atom stereocenters. The van der Waals surface area contributed by atoms with Gasteiger partial charge in [0, 0.05) is 39.3 Å². The van der Waals surface area contributed by atoms with Crippen molar-refractivity contribution in [1.29, 1.82) is 0 Å². The highest BCUT2D eigenvalue weighted by Gasteiger charge is 2.26. The predicted octanol–water partition coefficient (Wildman–Crippen LogP) is 1.17. The van der Waals surface area contributed by atoms with E-state index in [1.807, 2.05) is 13.8 Å². The fourth-order valence-electron chi connectivity index (χ4n) is 2.29. The van der Waals surface area contributed by atoms with Gasteiger partial charge in [-0.2, -0.15) is 0 Å². The summed E-state index contributed by atoms with van der Waals surface area (Å²) in [5.41, 5.74) is -0.509. The molecule has 0 aromatic carbocycles. The molecule has 16 heavy (non-hydrogen) atoms. The summed E-state index contributed by atoms with van der Waals surface area (Å²) in [7, 11) is 0. The van der Waals surface area contributed by atoms with E-state index in [4.69, 9.17) is 0 Å². The summed E-state index contributed by atoms with van der Waals surface area (Å²) in [6.07, 6.45) is 3.80. The van der Waals surface area contributed by atoms with Gasteiger partial charge in [-0.15, -0.1) is 0 Å². The van der Waals surface area contributed by atoms with Gasteiger partial charge < -0.3 is 14.9 Å². The second-order valence-electron chi connectivity index (χ2n) is 6.15. The largest absolute Gasteiger partial charge is 0.390 e. The van der Waals surface area contributed by atoms with E-state index in [1.165, 1.54) is 45.6 Å². The second kappa shape index (κ2) is 5.03. The van der Waals surface area contributed by atoms with Crippen molar-refractivity contribution in [3.05, 3.63) is 0 Å². The van der Waals surface area contributed by atoms with Crippen LogP contribution in [0.5, 0.6) is 0 Å². The van der Waals surface area contributed by atoms with E-state index in [-0.39, 0.29) is 0 Å². The molecule has 1 N–H and O–H groups in total. The number of aliphatic hydroxyl groups is 1. The highest BCUT2D eigenvalue weighted by atomic mass is 16.3. The van der Waals surface area contributed by atoms with Crippen molar-refractivity contribution in [2.24, 2.45) is 5.92 Å². The molecule has 1 aliphatic heterocycles. The van der Waals surface area contributed by atoms with Crippen molar-refractivity contribution in [2.45, 2.75) is 38.7 Å². The van der Waals surface area contributed by atoms with Crippen LogP contribution in [0.1, 0.15) is 33.1 Å². The smallest absolute Gasteiger partial charge is 0.0603 e. The molecule has 2 aliphatic rings. The molecule has 3 nitrogen and oxygen atoms in total. The van der Waals surface area contributed by atoms with Gasteiger partial charge in [-0.05, 0) is 39.0 Å². The first-order valence-corrected chi connectivity index (χ1v) is 6.70. The minimum atomic E-state index is -0.509. The zero-order valence-corrected chi connectivity index (χ0v) is 10.8. The van der Waals surface area contributed by atoms with E-state index in [1.54, 1.807) is 0 Å². The lowest BCUT2D eigenvalue weighted by molar-refractivity contribution is 0.0471. The van der Waals surface area contributed by atoms with Gasteiger partial charge in [-0.25, -0.2) is 0 Å². The van der Waals surface area contributed by atoms with Gasteiger partial charge >= 0.3 is 0 Å². The van der Waals surface area contributed by atoms with Crippen molar-refractivity contribution < 1.29 is 5.11 Å². The summed E-state index contributed by atoms with van der Waals surface area (Å²) in [5, 5.41) is 9.69. The van der Waals surface area contributed by atoms with Crippen LogP contribution in [-0.2, 0) is 0 Å². The van der Waals surface area contributed by atoms with Crippen LogP contribution >= 0.6 is 0 Å². The number of hydrogen-bond donors (Lipinski definition) is 1. The van der Waals surface area contributed by atoms with Crippen LogP contribution < -0.4 is 0 Å². The van der Waals surface area contributed by atoms with E-state index in [0.29, 0.717) is 0 Å². The number of nitrogens with zero attached hydrogens (tertiary/aromatic N) is 2. The Balaban J connectivity index is 1.60. The lowest BCUT2D eigenvalue weighted by Crippen LogP contribution is -2.47. The van der Waals surface area contributed by atoms with Gasteiger partial charge in [-0.1, -0.05) is 0 Å². The molecule has 0 amide bonds. The zero-order valence-electron chi connectivity index (χ0n) is 10.8. The van der Waals surface area contributed by atoms with Gasteiger partial charge in [0.2, 0.25) is 0 Å². The molecule has 1 saturated carbocycles. The SMILES string of the molecule is CC(C)(O)CCN1CCN(CC2CC2)CC1. The van der Waals surface area contributed by atoms with Crippen molar-refractivity contribution in [3.8, 4) is 0 Å². The van der Waals surface area contributed by atoms with E-state index < -0.39 is 5.60 Å². The maximum atomic E-state index is 9.69. The maximum absolute atomic E-state index is 9.69. The highest BCUT2D eigenvalue weighted by molar-refractivity contribution is 4.81. The van der Waals surface area contributed by atoms with Crippen LogP contribution in [0.2, 0.25) is 0 Å². The molecule has 2 rings (SSSR count). The standard InChI is InChI=1S/C13H26N2O/c1-13(2,16)5-6-14-7-9-15(10-8-14)11-12-3-4-12/h12,16H,3-11H2,1-2H3. The summed E-state index contributed by atoms with van der Waals surface area (Å²) in [6, 6.07) is 0. The summed E-state index contributed by atoms with van der Waals surface area (Å²) in [4.78, 5) is 5.10. The van der Waals surface area contributed by atoms with Crippen molar-refractivity contribution in [1.82, 2.24) is 9.80 Å². The number of rotatable bonds is 5. The molecule has 0 spiro atoms. The quantitative estimate of drug-likeness (QED) is 0.762. The topological polar surface area (TPSA) is 26.7 Å². The molecule has 2 fully saturated rings. The molecule has 0 aromatic rings. The molecule has 0 aromatic heterocycles. The van der Waals surface area contributed by atoms with Gasteiger partial charge in [0.1, 0.15) is 0 Å². The Morgan fingerprint density at radius 3 is 2.12 bits per heavy atom. The minimum Gasteiger partial charge on any atom is -0.390 e. The molecule has 0 unspecified atom stereocenters. The minimum absolute atomic E-state index is 0.509. The van der Waals surface area contributed by atoms with Crippen LogP contribution in [0, 0.1) is 5.92 Å². The fraction of sp³-hybridized carbons (Fsp3) is 1.00. The monoisotopic (exact) mass is 226 g/mol. The molecule has 1 aliphatic carbocycles. The second-order valence-corrected chi connectivity index (χ2v) is 6.15. The van der Waals surface area contributed by atoms with Crippen molar-refractivity contribution in [3.63, 3.8) is 0 Å². The number of piperazine rings is 1. The average Bonchev–Trinajstić information content (AvgIpc) is 3.00. The summed E-state index contributed by atoms with van der Waals surface area (Å²) < 4.78 is 0. The lowest BCUT2D eigenvalue weighted by Gasteiger charge is -2.35. The van der Waals surface area contributed by atoms with Gasteiger partial charge in [0.05, 0.1) is 5.60 Å². The average molecular weight is 226 g/mol. The highest BCUT2D eigenvalue weighted by Crippen LogP contribution is 2.29. The summed E-state index contributed by atoms with van der Waals surface area (Å²) in [5.74, 6) is 1.02. The number of hydrogen-bond acceptors (Lipinski definition) is 3. The molecule has 94 valence electrons. The van der Waals surface area contributed by atoms with E-state index in [2.05, 4.69) is 9.80 Å². The Morgan fingerprint density at radius 2 is 1.62 bits per heavy atom. The third-order valence-electron chi connectivity index (χ3n) is 3.72. The molecule has 1 saturated heterocycles. The Morgan fingerprint density at radius 1 is 1.06 bits per heavy atom. The normalized spacial score (nSPS) is 24.9. The van der Waals surface area contributed by atoms with Crippen LogP contribution in [0.15, 0.2) is 0 Å². The van der Waals surface area contributed by atoms with Gasteiger partial charge in [-0.3, -0.25) is 0 Å². The third-order valence-corrected chi connectivity index (χ3v) is 3.72. The Bertz CT molecular complexity index is 212. The Kier molecular flexibility index (Phi) is 3.88. The zero-order chi connectivity index (χ0) is 11.6. The molecule has 0 radical (unpaired) electrons. The molecular weight excluding hydrogens is 200 g/mol. The van der Waals surface area contributed by atoms with Gasteiger partial charge in [0.25, 0.3) is 0 Å². The molecule has 3 heteroatoms. The van der Waals surface area contributed by atoms with Crippen molar-refractivity contribution in [2.75, 3.05) is 39.3 Å². The summed E-state index contributed by atoms with van der Waals surface area (Å²) in [6.45, 7) is 11.0. The summed E-state index contributed by atoms with van der Waals surface area (Å²) >= 11 is 0. The maximum Gasteiger partial charge on any atom is 0.0603 e. The lowest BCUT2D eigenvalue weighted by atomic mass is 10.1. The fourth-order valence-corrected chi connectivity index (χ4v) is 2.29. The Labute approximate surface area is 99.4 Å². The van der Waals surface area contributed by atoms with Crippen molar-refractivity contribution >= 4 is 0 Å².